The minimum Gasteiger partial charge on any atom is -0.482 e. The molecule has 1 aliphatic carbocycles. The Bertz CT molecular complexity index is 700. The molecule has 0 spiro atoms. The Balaban J connectivity index is 1.78. The number of nitro benzene ring substituents is 1. The van der Waals surface area contributed by atoms with Crippen molar-refractivity contribution in [3.05, 3.63) is 69.0 Å². The summed E-state index contributed by atoms with van der Waals surface area (Å²) in [6.45, 7) is 0.192. The van der Waals surface area contributed by atoms with E-state index >= 15 is 0 Å². The van der Waals surface area contributed by atoms with Crippen LogP contribution in [0.5, 0.6) is 5.75 Å². The first-order chi connectivity index (χ1) is 10.1. The van der Waals surface area contributed by atoms with E-state index < -0.39 is 10.7 Å². The van der Waals surface area contributed by atoms with Gasteiger partial charge in [0, 0.05) is 12.1 Å². The highest BCUT2D eigenvalue weighted by Gasteiger charge is 2.16. The van der Waals surface area contributed by atoms with Crippen LogP contribution in [0.1, 0.15) is 23.1 Å². The zero-order valence-electron chi connectivity index (χ0n) is 11.3. The molecule has 2 aromatic carbocycles. The number of nitrogens with zero attached hydrogens (tertiary/aromatic N) is 1. The van der Waals surface area contributed by atoms with Crippen LogP contribution in [0.15, 0.2) is 36.4 Å². The normalized spacial score (nSPS) is 13.0. The van der Waals surface area contributed by atoms with E-state index in [2.05, 4.69) is 12.1 Å². The van der Waals surface area contributed by atoms with Gasteiger partial charge in [0.15, 0.2) is 5.75 Å². The number of halogens is 1. The molecule has 0 unspecified atom stereocenters. The van der Waals surface area contributed by atoms with Crippen LogP contribution in [0.2, 0.25) is 0 Å². The third-order valence-corrected chi connectivity index (χ3v) is 3.68. The number of nitro groups is 1. The SMILES string of the molecule is O=[N+]([O-])c1ccc(F)cc1OCc1ccc2c(c1)CCC2. The van der Waals surface area contributed by atoms with Crippen LogP contribution < -0.4 is 4.74 Å². The van der Waals surface area contributed by atoms with Crippen molar-refractivity contribution >= 4 is 5.69 Å². The average molecular weight is 287 g/mol. The predicted molar refractivity (Wildman–Crippen MR) is 75.9 cm³/mol. The van der Waals surface area contributed by atoms with Crippen molar-refractivity contribution in [2.75, 3.05) is 0 Å². The number of aryl methyl sites for hydroxylation is 2. The van der Waals surface area contributed by atoms with Crippen molar-refractivity contribution in [2.24, 2.45) is 0 Å². The maximum atomic E-state index is 13.2. The molecular formula is C16H14FNO3. The summed E-state index contributed by atoms with van der Waals surface area (Å²) in [5, 5.41) is 10.9. The van der Waals surface area contributed by atoms with Crippen LogP contribution in [-0.4, -0.2) is 4.92 Å². The summed E-state index contributed by atoms with van der Waals surface area (Å²) in [7, 11) is 0. The number of ether oxygens (including phenoxy) is 1. The minimum atomic E-state index is -0.572. The van der Waals surface area contributed by atoms with Gasteiger partial charge in [-0.05, 0) is 42.0 Å². The lowest BCUT2D eigenvalue weighted by Crippen LogP contribution is -2.00. The maximum Gasteiger partial charge on any atom is 0.311 e. The van der Waals surface area contributed by atoms with Crippen molar-refractivity contribution in [1.29, 1.82) is 0 Å². The molecule has 3 rings (SSSR count). The predicted octanol–water partition coefficient (Wildman–Crippen LogP) is 3.80. The van der Waals surface area contributed by atoms with E-state index in [1.165, 1.54) is 11.1 Å². The van der Waals surface area contributed by atoms with Gasteiger partial charge < -0.3 is 4.74 Å². The van der Waals surface area contributed by atoms with Crippen LogP contribution in [0.3, 0.4) is 0 Å². The number of benzene rings is 2. The fraction of sp³-hybridized carbons (Fsp3) is 0.250. The molecule has 4 nitrogen and oxygen atoms in total. The highest BCUT2D eigenvalue weighted by atomic mass is 19.1. The minimum absolute atomic E-state index is 0.0412. The fourth-order valence-electron chi connectivity index (χ4n) is 2.63. The maximum absolute atomic E-state index is 13.2. The molecule has 2 aromatic rings. The second-order valence-electron chi connectivity index (χ2n) is 5.11. The lowest BCUT2D eigenvalue weighted by atomic mass is 10.1. The number of rotatable bonds is 4. The van der Waals surface area contributed by atoms with Crippen LogP contribution >= 0.6 is 0 Å². The van der Waals surface area contributed by atoms with E-state index in [9.17, 15) is 14.5 Å². The van der Waals surface area contributed by atoms with Gasteiger partial charge in [-0.15, -0.1) is 0 Å². The van der Waals surface area contributed by atoms with Gasteiger partial charge >= 0.3 is 5.69 Å². The highest BCUT2D eigenvalue weighted by molar-refractivity contribution is 5.46. The molecular weight excluding hydrogens is 273 g/mol. The third-order valence-electron chi connectivity index (χ3n) is 3.68. The molecule has 0 N–H and O–H groups in total. The van der Waals surface area contributed by atoms with E-state index in [1.54, 1.807) is 0 Å². The third kappa shape index (κ3) is 2.86. The molecule has 5 heteroatoms. The van der Waals surface area contributed by atoms with Gasteiger partial charge in [-0.2, -0.15) is 0 Å². The quantitative estimate of drug-likeness (QED) is 0.635. The molecule has 0 aliphatic heterocycles. The van der Waals surface area contributed by atoms with Gasteiger partial charge in [0.25, 0.3) is 0 Å². The van der Waals surface area contributed by atoms with Crippen molar-refractivity contribution in [3.63, 3.8) is 0 Å². The molecule has 108 valence electrons. The molecule has 0 heterocycles. The number of hydrogen-bond donors (Lipinski definition) is 0. The molecule has 0 amide bonds. The van der Waals surface area contributed by atoms with Gasteiger partial charge in [-0.25, -0.2) is 4.39 Å². The second kappa shape index (κ2) is 5.52. The molecule has 0 saturated heterocycles. The molecule has 0 bridgehead atoms. The standard InChI is InChI=1S/C16H14FNO3/c17-14-6-7-15(18(19)20)16(9-14)21-10-11-4-5-12-2-1-3-13(12)8-11/h4-9H,1-3,10H2. The molecule has 0 aromatic heterocycles. The molecule has 0 radical (unpaired) electrons. The van der Waals surface area contributed by atoms with Gasteiger partial charge in [0.05, 0.1) is 4.92 Å². The highest BCUT2D eigenvalue weighted by Crippen LogP contribution is 2.29. The summed E-state index contributed by atoms with van der Waals surface area (Å²) in [5.74, 6) is -0.593. The first kappa shape index (κ1) is 13.5. The number of fused-ring (bicyclic) bond motifs is 1. The lowest BCUT2D eigenvalue weighted by molar-refractivity contribution is -0.386. The number of hydrogen-bond acceptors (Lipinski definition) is 3. The Morgan fingerprint density at radius 2 is 1.95 bits per heavy atom. The van der Waals surface area contributed by atoms with Crippen LogP contribution in [0.4, 0.5) is 10.1 Å². The fourth-order valence-corrected chi connectivity index (χ4v) is 2.63. The Morgan fingerprint density at radius 3 is 2.76 bits per heavy atom. The first-order valence-electron chi connectivity index (χ1n) is 6.81. The van der Waals surface area contributed by atoms with Gasteiger partial charge in [0.1, 0.15) is 12.4 Å². The van der Waals surface area contributed by atoms with Crippen LogP contribution in [0.25, 0.3) is 0 Å². The summed E-state index contributed by atoms with van der Waals surface area (Å²) in [4.78, 5) is 10.3. The van der Waals surface area contributed by atoms with E-state index in [0.29, 0.717) is 0 Å². The Labute approximate surface area is 121 Å². The molecule has 0 fully saturated rings. The average Bonchev–Trinajstić information content (AvgIpc) is 2.92. The molecule has 1 aliphatic rings. The monoisotopic (exact) mass is 287 g/mol. The van der Waals surface area contributed by atoms with Crippen molar-refractivity contribution < 1.29 is 14.1 Å². The van der Waals surface area contributed by atoms with Crippen LogP contribution in [-0.2, 0) is 19.4 Å². The Morgan fingerprint density at radius 1 is 1.14 bits per heavy atom. The first-order valence-corrected chi connectivity index (χ1v) is 6.81. The van der Waals surface area contributed by atoms with Gasteiger partial charge in [-0.3, -0.25) is 10.1 Å². The smallest absolute Gasteiger partial charge is 0.311 e. The summed E-state index contributed by atoms with van der Waals surface area (Å²) >= 11 is 0. The van der Waals surface area contributed by atoms with Crippen molar-refractivity contribution in [3.8, 4) is 5.75 Å². The largest absolute Gasteiger partial charge is 0.482 e. The lowest BCUT2D eigenvalue weighted by Gasteiger charge is -2.08. The van der Waals surface area contributed by atoms with Crippen molar-refractivity contribution in [2.45, 2.75) is 25.9 Å². The molecule has 0 atom stereocenters. The summed E-state index contributed by atoms with van der Waals surface area (Å²) in [5.41, 5.74) is 3.38. The van der Waals surface area contributed by atoms with Gasteiger partial charge in [0.2, 0.25) is 0 Å². The Kier molecular flexibility index (Phi) is 3.56. The summed E-state index contributed by atoms with van der Waals surface area (Å²) < 4.78 is 18.7. The molecule has 21 heavy (non-hydrogen) atoms. The second-order valence-corrected chi connectivity index (χ2v) is 5.11. The Hall–Kier alpha value is -2.43. The summed E-state index contributed by atoms with van der Waals surface area (Å²) in [6, 6.07) is 9.31. The van der Waals surface area contributed by atoms with Crippen LogP contribution in [0, 0.1) is 15.9 Å². The zero-order chi connectivity index (χ0) is 14.8. The van der Waals surface area contributed by atoms with E-state index in [1.807, 2.05) is 6.07 Å². The summed E-state index contributed by atoms with van der Waals surface area (Å²) in [6.07, 6.45) is 3.32. The van der Waals surface area contributed by atoms with E-state index in [4.69, 9.17) is 4.74 Å². The van der Waals surface area contributed by atoms with Gasteiger partial charge in [-0.1, -0.05) is 18.2 Å². The molecule has 0 saturated carbocycles. The van der Waals surface area contributed by atoms with E-state index in [-0.39, 0.29) is 18.0 Å². The topological polar surface area (TPSA) is 52.4 Å². The van der Waals surface area contributed by atoms with E-state index in [0.717, 1.165) is 43.0 Å². The zero-order valence-corrected chi connectivity index (χ0v) is 11.3. The van der Waals surface area contributed by atoms with Crippen molar-refractivity contribution in [1.82, 2.24) is 0 Å².